The predicted octanol–water partition coefficient (Wildman–Crippen LogP) is 2.30. The van der Waals surface area contributed by atoms with E-state index in [0.717, 1.165) is 29.4 Å². The number of benzene rings is 1. The van der Waals surface area contributed by atoms with Crippen molar-refractivity contribution >= 4 is 16.8 Å². The molecule has 0 N–H and O–H groups in total. The molecule has 0 spiro atoms. The molecule has 0 bridgehead atoms. The van der Waals surface area contributed by atoms with Crippen LogP contribution in [0.4, 0.5) is 0 Å². The Bertz CT molecular complexity index is 613. The molecule has 18 heavy (non-hydrogen) atoms. The molecule has 2 aromatic rings. The van der Waals surface area contributed by atoms with Crippen LogP contribution in [-0.4, -0.2) is 21.9 Å². The van der Waals surface area contributed by atoms with Gasteiger partial charge in [0.15, 0.2) is 5.78 Å². The largest absolute Gasteiger partial charge is 0.501 e. The number of Topliss-reactive ketones (excluding diaryl/α,β-unsaturated/α-hetero) is 1. The van der Waals surface area contributed by atoms with Gasteiger partial charge in [0, 0.05) is 5.57 Å². The number of aromatic nitrogens is 2. The highest BCUT2D eigenvalue weighted by molar-refractivity contribution is 5.95. The van der Waals surface area contributed by atoms with E-state index in [1.54, 1.807) is 12.6 Å². The van der Waals surface area contributed by atoms with Crippen LogP contribution >= 0.6 is 0 Å². The van der Waals surface area contributed by atoms with Gasteiger partial charge in [0.25, 0.3) is 0 Å². The Morgan fingerprint density at radius 3 is 3.11 bits per heavy atom. The number of nitrogens with zero attached hydrogens (tertiary/aromatic N) is 2. The third-order valence-electron chi connectivity index (χ3n) is 3.13. The van der Waals surface area contributed by atoms with Gasteiger partial charge < -0.3 is 9.30 Å². The van der Waals surface area contributed by atoms with Gasteiger partial charge in [-0.1, -0.05) is 12.1 Å². The van der Waals surface area contributed by atoms with Crippen molar-refractivity contribution in [2.45, 2.75) is 19.4 Å². The number of allylic oxidation sites excluding steroid dienone is 1. The maximum atomic E-state index is 12.1. The first kappa shape index (κ1) is 11.0. The van der Waals surface area contributed by atoms with Crippen LogP contribution in [0.2, 0.25) is 0 Å². The summed E-state index contributed by atoms with van der Waals surface area (Å²) in [4.78, 5) is 16.4. The van der Waals surface area contributed by atoms with Crippen molar-refractivity contribution in [1.29, 1.82) is 0 Å². The second-order valence-electron chi connectivity index (χ2n) is 4.40. The van der Waals surface area contributed by atoms with Gasteiger partial charge in [-0.3, -0.25) is 4.79 Å². The van der Waals surface area contributed by atoms with Crippen LogP contribution in [0.1, 0.15) is 12.8 Å². The van der Waals surface area contributed by atoms with Crippen molar-refractivity contribution in [2.24, 2.45) is 0 Å². The minimum Gasteiger partial charge on any atom is -0.501 e. The minimum absolute atomic E-state index is 0.109. The molecule has 92 valence electrons. The number of ether oxygens (including phenoxy) is 1. The Hall–Kier alpha value is -2.10. The molecule has 0 saturated heterocycles. The number of fused-ring (bicyclic) bond motifs is 1. The summed E-state index contributed by atoms with van der Waals surface area (Å²) in [6, 6.07) is 7.81. The monoisotopic (exact) mass is 242 g/mol. The smallest absolute Gasteiger partial charge is 0.181 e. The molecular formula is C14H14N2O2. The summed E-state index contributed by atoms with van der Waals surface area (Å²) >= 11 is 0. The zero-order chi connectivity index (χ0) is 12.4. The zero-order valence-electron chi connectivity index (χ0n) is 10.0. The van der Waals surface area contributed by atoms with Crippen LogP contribution < -0.4 is 0 Å². The molecule has 0 aliphatic carbocycles. The van der Waals surface area contributed by atoms with Crippen LogP contribution in [0.25, 0.3) is 11.0 Å². The summed E-state index contributed by atoms with van der Waals surface area (Å²) in [5.41, 5.74) is 2.68. The number of hydrogen-bond donors (Lipinski definition) is 0. The normalized spacial score (nSPS) is 15.2. The fourth-order valence-electron chi connectivity index (χ4n) is 2.16. The van der Waals surface area contributed by atoms with Crippen molar-refractivity contribution in [2.75, 3.05) is 6.61 Å². The second-order valence-corrected chi connectivity index (χ2v) is 4.40. The van der Waals surface area contributed by atoms with E-state index in [2.05, 4.69) is 4.98 Å². The topological polar surface area (TPSA) is 44.1 Å². The number of rotatable bonds is 3. The molecule has 0 fully saturated rings. The van der Waals surface area contributed by atoms with Crippen molar-refractivity contribution in [3.63, 3.8) is 0 Å². The first-order chi connectivity index (χ1) is 8.84. The van der Waals surface area contributed by atoms with Gasteiger partial charge in [-0.05, 0) is 25.0 Å². The van der Waals surface area contributed by atoms with Gasteiger partial charge >= 0.3 is 0 Å². The summed E-state index contributed by atoms with van der Waals surface area (Å²) in [6.07, 6.45) is 5.05. The van der Waals surface area contributed by atoms with Crippen LogP contribution in [0, 0.1) is 0 Å². The van der Waals surface area contributed by atoms with Gasteiger partial charge in [-0.2, -0.15) is 0 Å². The summed E-state index contributed by atoms with van der Waals surface area (Å²) < 4.78 is 7.08. The maximum absolute atomic E-state index is 12.1. The number of carbonyl (C=O) groups excluding carboxylic acids is 1. The summed E-state index contributed by atoms with van der Waals surface area (Å²) in [5, 5.41) is 0. The van der Waals surface area contributed by atoms with Gasteiger partial charge in [0.2, 0.25) is 0 Å². The Kier molecular flexibility index (Phi) is 2.84. The molecule has 2 heterocycles. The molecule has 0 unspecified atom stereocenters. The Morgan fingerprint density at radius 1 is 1.39 bits per heavy atom. The summed E-state index contributed by atoms with van der Waals surface area (Å²) in [5.74, 6) is 0.109. The van der Waals surface area contributed by atoms with E-state index < -0.39 is 0 Å². The van der Waals surface area contributed by atoms with E-state index in [4.69, 9.17) is 4.74 Å². The molecule has 0 radical (unpaired) electrons. The Labute approximate surface area is 105 Å². The van der Waals surface area contributed by atoms with E-state index in [-0.39, 0.29) is 5.78 Å². The van der Waals surface area contributed by atoms with Crippen LogP contribution in [0.5, 0.6) is 0 Å². The van der Waals surface area contributed by atoms with Crippen molar-refractivity contribution in [3.8, 4) is 0 Å². The Morgan fingerprint density at radius 2 is 2.28 bits per heavy atom. The second kappa shape index (κ2) is 4.64. The number of hydrogen-bond acceptors (Lipinski definition) is 3. The lowest BCUT2D eigenvalue weighted by Gasteiger charge is -2.13. The van der Waals surface area contributed by atoms with Gasteiger partial charge in [-0.25, -0.2) is 4.98 Å². The lowest BCUT2D eigenvalue weighted by Crippen LogP contribution is -2.14. The number of carbonyl (C=O) groups is 1. The van der Waals surface area contributed by atoms with E-state index >= 15 is 0 Å². The predicted molar refractivity (Wildman–Crippen MR) is 68.0 cm³/mol. The Balaban J connectivity index is 1.84. The molecule has 1 aromatic carbocycles. The highest BCUT2D eigenvalue weighted by Gasteiger charge is 2.14. The molecule has 0 atom stereocenters. The molecule has 1 aliphatic rings. The maximum Gasteiger partial charge on any atom is 0.181 e. The molecule has 4 nitrogen and oxygen atoms in total. The number of para-hydroxylation sites is 2. The van der Waals surface area contributed by atoms with Crippen LogP contribution in [-0.2, 0) is 16.1 Å². The van der Waals surface area contributed by atoms with Crippen LogP contribution in [0.15, 0.2) is 42.4 Å². The van der Waals surface area contributed by atoms with E-state index in [0.29, 0.717) is 13.2 Å². The average Bonchev–Trinajstić information content (AvgIpc) is 2.83. The SMILES string of the molecule is O=C(Cn1cnc2ccccc21)C1=COCCC1. The fourth-order valence-corrected chi connectivity index (χ4v) is 2.16. The first-order valence-electron chi connectivity index (χ1n) is 6.08. The fraction of sp³-hybridized carbons (Fsp3) is 0.286. The van der Waals surface area contributed by atoms with Gasteiger partial charge in [0.1, 0.15) is 0 Å². The number of imidazole rings is 1. The standard InChI is InChI=1S/C14H14N2O2/c17-14(11-4-3-7-18-9-11)8-16-10-15-12-5-1-2-6-13(12)16/h1-2,5-6,9-10H,3-4,7-8H2. The van der Waals surface area contributed by atoms with Gasteiger partial charge in [-0.15, -0.1) is 0 Å². The molecule has 1 aromatic heterocycles. The highest BCUT2D eigenvalue weighted by Crippen LogP contribution is 2.16. The lowest BCUT2D eigenvalue weighted by molar-refractivity contribution is -0.116. The van der Waals surface area contributed by atoms with E-state index in [1.165, 1.54) is 0 Å². The quantitative estimate of drug-likeness (QED) is 0.829. The highest BCUT2D eigenvalue weighted by atomic mass is 16.5. The lowest BCUT2D eigenvalue weighted by atomic mass is 10.1. The minimum atomic E-state index is 0.109. The number of ketones is 1. The first-order valence-corrected chi connectivity index (χ1v) is 6.08. The molecule has 0 saturated carbocycles. The van der Waals surface area contributed by atoms with E-state index in [9.17, 15) is 4.79 Å². The van der Waals surface area contributed by atoms with Gasteiger partial charge in [0.05, 0.1) is 36.8 Å². The molecule has 4 heteroatoms. The third kappa shape index (κ3) is 2.01. The average molecular weight is 242 g/mol. The molecule has 0 amide bonds. The van der Waals surface area contributed by atoms with Crippen LogP contribution in [0.3, 0.4) is 0 Å². The van der Waals surface area contributed by atoms with Crippen molar-refractivity contribution in [1.82, 2.24) is 9.55 Å². The zero-order valence-corrected chi connectivity index (χ0v) is 10.0. The van der Waals surface area contributed by atoms with Crippen molar-refractivity contribution < 1.29 is 9.53 Å². The molecule has 3 rings (SSSR count). The summed E-state index contributed by atoms with van der Waals surface area (Å²) in [6.45, 7) is 1.04. The molecule has 1 aliphatic heterocycles. The molecular weight excluding hydrogens is 228 g/mol. The third-order valence-corrected chi connectivity index (χ3v) is 3.13. The summed E-state index contributed by atoms with van der Waals surface area (Å²) in [7, 11) is 0. The van der Waals surface area contributed by atoms with Crippen molar-refractivity contribution in [3.05, 3.63) is 42.4 Å². The van der Waals surface area contributed by atoms with E-state index in [1.807, 2.05) is 28.8 Å².